The number of rotatable bonds is 5. The number of hydrogen-bond donors (Lipinski definition) is 0. The van der Waals surface area contributed by atoms with Gasteiger partial charge in [-0.3, -0.25) is 4.18 Å². The lowest BCUT2D eigenvalue weighted by Gasteiger charge is -2.08. The first-order valence-corrected chi connectivity index (χ1v) is 8.95. The predicted octanol–water partition coefficient (Wildman–Crippen LogP) is 4.01. The van der Waals surface area contributed by atoms with Crippen molar-refractivity contribution in [1.82, 2.24) is 4.57 Å². The van der Waals surface area contributed by atoms with Crippen LogP contribution in [0.15, 0.2) is 59.6 Å². The molecule has 23 heavy (non-hydrogen) atoms. The van der Waals surface area contributed by atoms with Gasteiger partial charge in [-0.25, -0.2) is 0 Å². The van der Waals surface area contributed by atoms with Crippen LogP contribution in [0.25, 0.3) is 10.9 Å². The van der Waals surface area contributed by atoms with E-state index in [0.29, 0.717) is 11.6 Å². The van der Waals surface area contributed by atoms with Crippen LogP contribution >= 0.6 is 11.6 Å². The number of aryl methyl sites for hydroxylation is 1. The molecule has 0 unspecified atom stereocenters. The Morgan fingerprint density at radius 3 is 2.57 bits per heavy atom. The third-order valence-corrected chi connectivity index (χ3v) is 5.17. The zero-order valence-electron chi connectivity index (χ0n) is 12.6. The van der Waals surface area contributed by atoms with Crippen molar-refractivity contribution in [3.63, 3.8) is 0 Å². The first kappa shape index (κ1) is 16.1. The summed E-state index contributed by atoms with van der Waals surface area (Å²) in [6.45, 7) is 2.42. The molecule has 0 spiro atoms. The second-order valence-corrected chi connectivity index (χ2v) is 7.35. The first-order chi connectivity index (χ1) is 11.0. The third kappa shape index (κ3) is 3.58. The fourth-order valence-electron chi connectivity index (χ4n) is 2.38. The molecule has 0 aliphatic rings. The van der Waals surface area contributed by atoms with E-state index in [0.717, 1.165) is 16.5 Å². The highest BCUT2D eigenvalue weighted by Crippen LogP contribution is 2.20. The van der Waals surface area contributed by atoms with Crippen molar-refractivity contribution in [1.29, 1.82) is 0 Å². The topological polar surface area (TPSA) is 48.3 Å². The summed E-state index contributed by atoms with van der Waals surface area (Å²) in [5.41, 5.74) is 1.99. The Balaban J connectivity index is 1.69. The molecule has 4 nitrogen and oxygen atoms in total. The average molecular weight is 350 g/mol. The highest BCUT2D eigenvalue weighted by Gasteiger charge is 2.14. The van der Waals surface area contributed by atoms with Crippen molar-refractivity contribution in [3.05, 3.63) is 65.3 Å². The van der Waals surface area contributed by atoms with Gasteiger partial charge in [0.25, 0.3) is 10.1 Å². The number of hydrogen-bond acceptors (Lipinski definition) is 3. The Kier molecular flexibility index (Phi) is 4.43. The number of aromatic nitrogens is 1. The summed E-state index contributed by atoms with van der Waals surface area (Å²) < 4.78 is 31.3. The zero-order valence-corrected chi connectivity index (χ0v) is 14.1. The molecule has 0 amide bonds. The highest BCUT2D eigenvalue weighted by atomic mass is 35.5. The van der Waals surface area contributed by atoms with Gasteiger partial charge >= 0.3 is 0 Å². The highest BCUT2D eigenvalue weighted by molar-refractivity contribution is 7.86. The van der Waals surface area contributed by atoms with Crippen LogP contribution in [0.2, 0.25) is 5.02 Å². The molecule has 0 aliphatic carbocycles. The molecule has 120 valence electrons. The van der Waals surface area contributed by atoms with Gasteiger partial charge in [0.05, 0.1) is 11.5 Å². The van der Waals surface area contributed by atoms with Crippen molar-refractivity contribution >= 4 is 32.6 Å². The van der Waals surface area contributed by atoms with Gasteiger partial charge in [-0.05, 0) is 43.3 Å². The molecular weight excluding hydrogens is 334 g/mol. The quantitative estimate of drug-likeness (QED) is 0.654. The molecule has 0 bridgehead atoms. The average Bonchev–Trinajstić information content (AvgIpc) is 2.90. The lowest BCUT2D eigenvalue weighted by molar-refractivity contribution is 0.302. The minimum absolute atomic E-state index is 0.0720. The second kappa shape index (κ2) is 6.35. The Bertz CT molecular complexity index is 930. The summed E-state index contributed by atoms with van der Waals surface area (Å²) >= 11 is 5.96. The summed E-state index contributed by atoms with van der Waals surface area (Å²) in [6, 6.07) is 14.1. The summed E-state index contributed by atoms with van der Waals surface area (Å²) in [7, 11) is -3.72. The van der Waals surface area contributed by atoms with E-state index in [1.54, 1.807) is 24.3 Å². The monoisotopic (exact) mass is 349 g/mol. The molecule has 3 rings (SSSR count). The smallest absolute Gasteiger partial charge is 0.297 e. The van der Waals surface area contributed by atoms with Gasteiger partial charge in [-0.15, -0.1) is 0 Å². The van der Waals surface area contributed by atoms with Crippen molar-refractivity contribution in [2.75, 3.05) is 6.61 Å². The Hall–Kier alpha value is -1.82. The van der Waals surface area contributed by atoms with Gasteiger partial charge in [-0.1, -0.05) is 29.3 Å². The standard InChI is InChI=1S/C17H16ClNO3S/c1-13-2-5-16(6-3-13)23(20,21)22-11-10-19-9-8-14-12-15(18)4-7-17(14)19/h2-9,12H,10-11H2,1H3. The van der Waals surface area contributed by atoms with Crippen molar-refractivity contribution < 1.29 is 12.6 Å². The van der Waals surface area contributed by atoms with Crippen molar-refractivity contribution in [2.45, 2.75) is 18.4 Å². The largest absolute Gasteiger partial charge is 0.345 e. The summed E-state index contributed by atoms with van der Waals surface area (Å²) in [6.07, 6.45) is 1.89. The first-order valence-electron chi connectivity index (χ1n) is 7.16. The number of benzene rings is 2. The maximum atomic E-state index is 12.1. The van der Waals surface area contributed by atoms with Crippen LogP contribution in [0.1, 0.15) is 5.56 Å². The van der Waals surface area contributed by atoms with E-state index < -0.39 is 10.1 Å². The molecule has 6 heteroatoms. The van der Waals surface area contributed by atoms with Crippen LogP contribution < -0.4 is 0 Å². The van der Waals surface area contributed by atoms with E-state index in [2.05, 4.69) is 0 Å². The number of nitrogens with zero attached hydrogens (tertiary/aromatic N) is 1. The van der Waals surface area contributed by atoms with Gasteiger partial charge in [0, 0.05) is 28.7 Å². The van der Waals surface area contributed by atoms with Crippen LogP contribution in [0.3, 0.4) is 0 Å². The Morgan fingerprint density at radius 2 is 1.83 bits per heavy atom. The Morgan fingerprint density at radius 1 is 1.09 bits per heavy atom. The fraction of sp³-hybridized carbons (Fsp3) is 0.176. The minimum atomic E-state index is -3.72. The second-order valence-electron chi connectivity index (χ2n) is 5.30. The molecule has 1 aromatic heterocycles. The van der Waals surface area contributed by atoms with Gasteiger partial charge in [0.1, 0.15) is 0 Å². The van der Waals surface area contributed by atoms with Gasteiger partial charge in [0.2, 0.25) is 0 Å². The summed E-state index contributed by atoms with van der Waals surface area (Å²) in [4.78, 5) is 0.173. The number of fused-ring (bicyclic) bond motifs is 1. The maximum absolute atomic E-state index is 12.1. The third-order valence-electron chi connectivity index (χ3n) is 3.61. The van der Waals surface area contributed by atoms with Crippen LogP contribution in [0, 0.1) is 6.92 Å². The van der Waals surface area contributed by atoms with Gasteiger partial charge in [-0.2, -0.15) is 8.42 Å². The van der Waals surface area contributed by atoms with E-state index >= 15 is 0 Å². The lowest BCUT2D eigenvalue weighted by atomic mass is 10.2. The Labute approximate surface area is 140 Å². The molecule has 0 atom stereocenters. The van der Waals surface area contributed by atoms with Crippen molar-refractivity contribution in [2.24, 2.45) is 0 Å². The minimum Gasteiger partial charge on any atom is -0.345 e. The predicted molar refractivity (Wildman–Crippen MR) is 91.3 cm³/mol. The molecular formula is C17H16ClNO3S. The molecule has 0 N–H and O–H groups in total. The molecule has 2 aromatic carbocycles. The van der Waals surface area contributed by atoms with Gasteiger partial charge in [0.15, 0.2) is 0 Å². The number of halogens is 1. The van der Waals surface area contributed by atoms with E-state index in [1.807, 2.05) is 42.0 Å². The summed E-state index contributed by atoms with van der Waals surface area (Å²) in [5.74, 6) is 0. The summed E-state index contributed by atoms with van der Waals surface area (Å²) in [5, 5.41) is 1.69. The molecule has 0 saturated carbocycles. The fourth-order valence-corrected chi connectivity index (χ4v) is 3.46. The lowest BCUT2D eigenvalue weighted by Crippen LogP contribution is -2.11. The SMILES string of the molecule is Cc1ccc(S(=O)(=O)OCCn2ccc3cc(Cl)ccc32)cc1. The molecule has 1 heterocycles. The van der Waals surface area contributed by atoms with Crippen LogP contribution in [0.5, 0.6) is 0 Å². The molecule has 3 aromatic rings. The van der Waals surface area contributed by atoms with E-state index in [9.17, 15) is 8.42 Å². The van der Waals surface area contributed by atoms with E-state index in [1.165, 1.54) is 0 Å². The van der Waals surface area contributed by atoms with E-state index in [-0.39, 0.29) is 11.5 Å². The van der Waals surface area contributed by atoms with Crippen LogP contribution in [-0.2, 0) is 20.8 Å². The molecule has 0 aliphatic heterocycles. The normalized spacial score (nSPS) is 11.9. The van der Waals surface area contributed by atoms with E-state index in [4.69, 9.17) is 15.8 Å². The maximum Gasteiger partial charge on any atom is 0.297 e. The molecule has 0 fully saturated rings. The molecule has 0 radical (unpaired) electrons. The van der Waals surface area contributed by atoms with Crippen LogP contribution in [-0.4, -0.2) is 19.6 Å². The molecule has 0 saturated heterocycles. The van der Waals surface area contributed by atoms with Gasteiger partial charge < -0.3 is 4.57 Å². The van der Waals surface area contributed by atoms with Crippen molar-refractivity contribution in [3.8, 4) is 0 Å². The van der Waals surface area contributed by atoms with Crippen LogP contribution in [0.4, 0.5) is 0 Å². The zero-order chi connectivity index (χ0) is 16.4.